The lowest BCUT2D eigenvalue weighted by Gasteiger charge is -2.22. The number of benzene rings is 2. The summed E-state index contributed by atoms with van der Waals surface area (Å²) in [6, 6.07) is 9.41. The molecular weight excluding hydrogens is 383 g/mol. The number of amides is 1. The number of sulfonamides is 1. The third-order valence-electron chi connectivity index (χ3n) is 3.75. The third-order valence-corrected chi connectivity index (χ3v) is 5.91. The lowest BCUT2D eigenvalue weighted by molar-refractivity contribution is -0.0258. The minimum Gasteiger partial charge on any atom is -0.309 e. The molecule has 0 fully saturated rings. The first kappa shape index (κ1) is 20.3. The van der Waals surface area contributed by atoms with E-state index in [-0.39, 0.29) is 15.5 Å². The fourth-order valence-corrected chi connectivity index (χ4v) is 3.76. The number of rotatable bonds is 6. The molecule has 0 spiro atoms. The van der Waals surface area contributed by atoms with E-state index in [0.29, 0.717) is 16.7 Å². The molecule has 0 atom stereocenters. The van der Waals surface area contributed by atoms with Crippen LogP contribution in [0.25, 0.3) is 0 Å². The predicted molar refractivity (Wildman–Crippen MR) is 97.2 cm³/mol. The van der Waals surface area contributed by atoms with Gasteiger partial charge in [-0.1, -0.05) is 16.1 Å². The van der Waals surface area contributed by atoms with Crippen LogP contribution in [0.5, 0.6) is 0 Å². The summed E-state index contributed by atoms with van der Waals surface area (Å²) in [6.07, 6.45) is 0. The number of nitrogens with zero attached hydrogens (tertiary/aromatic N) is 2. The van der Waals surface area contributed by atoms with Crippen LogP contribution in [0.3, 0.4) is 0 Å². The Bertz CT molecular complexity index is 903. The van der Waals surface area contributed by atoms with Crippen molar-refractivity contribution in [1.29, 1.82) is 0 Å². The highest BCUT2D eigenvalue weighted by Crippen LogP contribution is 2.27. The van der Waals surface area contributed by atoms with Crippen molar-refractivity contribution >= 4 is 33.2 Å². The van der Waals surface area contributed by atoms with Crippen LogP contribution in [0.1, 0.15) is 17.3 Å². The van der Waals surface area contributed by atoms with E-state index in [2.05, 4.69) is 0 Å². The van der Waals surface area contributed by atoms with Crippen LogP contribution in [-0.4, -0.2) is 39.5 Å². The summed E-state index contributed by atoms with van der Waals surface area (Å²) >= 11 is 6.01. The van der Waals surface area contributed by atoms with Gasteiger partial charge in [0.05, 0.1) is 12.1 Å². The van der Waals surface area contributed by atoms with E-state index in [1.807, 2.05) is 0 Å². The minimum absolute atomic E-state index is 0.0321. The molecule has 0 aliphatic carbocycles. The number of hydroxylamine groups is 1. The summed E-state index contributed by atoms with van der Waals surface area (Å²) in [4.78, 5) is 18.7. The molecule has 0 aliphatic heterocycles. The number of carbonyl (C=O) groups excluding carboxylic acids is 1. The van der Waals surface area contributed by atoms with Gasteiger partial charge in [0.25, 0.3) is 15.9 Å². The van der Waals surface area contributed by atoms with Gasteiger partial charge in [0.15, 0.2) is 0 Å². The monoisotopic (exact) mass is 400 g/mol. The largest absolute Gasteiger partial charge is 0.309 e. The van der Waals surface area contributed by atoms with Crippen molar-refractivity contribution in [3.8, 4) is 0 Å². The van der Waals surface area contributed by atoms with Gasteiger partial charge in [-0.2, -0.15) is 0 Å². The lowest BCUT2D eigenvalue weighted by Crippen LogP contribution is -2.31. The molecule has 0 heterocycles. The van der Waals surface area contributed by atoms with Gasteiger partial charge in [0.1, 0.15) is 10.7 Å². The molecule has 9 heteroatoms. The Morgan fingerprint density at radius 1 is 1.19 bits per heavy atom. The van der Waals surface area contributed by atoms with Crippen LogP contribution in [0.4, 0.5) is 10.1 Å². The maximum atomic E-state index is 13.1. The molecule has 26 heavy (non-hydrogen) atoms. The van der Waals surface area contributed by atoms with Gasteiger partial charge in [-0.3, -0.25) is 9.63 Å². The first-order valence-electron chi connectivity index (χ1n) is 7.62. The highest BCUT2D eigenvalue weighted by atomic mass is 35.5. The van der Waals surface area contributed by atoms with Gasteiger partial charge < -0.3 is 4.90 Å². The summed E-state index contributed by atoms with van der Waals surface area (Å²) in [5.74, 6) is -0.855. The minimum atomic E-state index is -4.02. The van der Waals surface area contributed by atoms with E-state index < -0.39 is 21.7 Å². The summed E-state index contributed by atoms with van der Waals surface area (Å²) < 4.78 is 38.7. The molecule has 2 rings (SSSR count). The fourth-order valence-electron chi connectivity index (χ4n) is 2.29. The topological polar surface area (TPSA) is 66.9 Å². The molecule has 0 unspecified atom stereocenters. The molecule has 140 valence electrons. The molecule has 2 aromatic rings. The highest BCUT2D eigenvalue weighted by molar-refractivity contribution is 7.89. The molecule has 0 N–H and O–H groups in total. The second-order valence-electron chi connectivity index (χ2n) is 5.27. The standard InChI is InChI=1S/C17H18ClFN2O4S/c1-4-21(14-8-6-13(19)7-9-14)17(22)12-5-10-15(18)16(11-12)26(23,24)20(2)25-3/h5-11H,4H2,1-3H3. The zero-order valence-corrected chi connectivity index (χ0v) is 16.0. The molecule has 0 radical (unpaired) electrons. The van der Waals surface area contributed by atoms with Gasteiger partial charge in [0.2, 0.25) is 0 Å². The maximum absolute atomic E-state index is 13.1. The van der Waals surface area contributed by atoms with Gasteiger partial charge >= 0.3 is 0 Å². The average Bonchev–Trinajstić information content (AvgIpc) is 2.63. The number of hydrogen-bond acceptors (Lipinski definition) is 4. The van der Waals surface area contributed by atoms with E-state index in [0.717, 1.165) is 0 Å². The molecular formula is C17H18ClFN2O4S. The normalized spacial score (nSPS) is 11.6. The second-order valence-corrected chi connectivity index (χ2v) is 7.58. The molecule has 1 amide bonds. The Hall–Kier alpha value is -2.00. The maximum Gasteiger partial charge on any atom is 0.266 e. The number of halogens is 2. The van der Waals surface area contributed by atoms with Crippen LogP contribution in [-0.2, 0) is 14.9 Å². The van der Waals surface area contributed by atoms with E-state index >= 15 is 0 Å². The Morgan fingerprint density at radius 2 is 1.81 bits per heavy atom. The molecule has 0 bridgehead atoms. The summed E-state index contributed by atoms with van der Waals surface area (Å²) in [6.45, 7) is 2.07. The van der Waals surface area contributed by atoms with Crippen LogP contribution < -0.4 is 4.90 Å². The highest BCUT2D eigenvalue weighted by Gasteiger charge is 2.26. The Balaban J connectivity index is 2.46. The smallest absolute Gasteiger partial charge is 0.266 e. The van der Waals surface area contributed by atoms with E-state index in [9.17, 15) is 17.6 Å². The lowest BCUT2D eigenvalue weighted by atomic mass is 10.1. The second kappa shape index (κ2) is 8.13. The van der Waals surface area contributed by atoms with Crippen molar-refractivity contribution < 1.29 is 22.4 Å². The van der Waals surface area contributed by atoms with Gasteiger partial charge in [0, 0.05) is 24.8 Å². The molecule has 0 saturated heterocycles. The predicted octanol–water partition coefficient (Wildman–Crippen LogP) is 3.33. The first-order chi connectivity index (χ1) is 12.2. The Labute approximate surface area is 156 Å². The van der Waals surface area contributed by atoms with Crippen molar-refractivity contribution in [2.75, 3.05) is 25.6 Å². The van der Waals surface area contributed by atoms with Crippen molar-refractivity contribution in [1.82, 2.24) is 4.47 Å². The van der Waals surface area contributed by atoms with Crippen molar-refractivity contribution in [2.24, 2.45) is 0 Å². The quantitative estimate of drug-likeness (QED) is 0.697. The Kier molecular flexibility index (Phi) is 6.35. The number of carbonyl (C=O) groups is 1. The van der Waals surface area contributed by atoms with Gasteiger partial charge in [-0.15, -0.1) is 0 Å². The van der Waals surface area contributed by atoms with Crippen LogP contribution in [0.15, 0.2) is 47.4 Å². The van der Waals surface area contributed by atoms with Crippen LogP contribution in [0, 0.1) is 5.82 Å². The molecule has 2 aromatic carbocycles. The van der Waals surface area contributed by atoms with Crippen molar-refractivity contribution in [2.45, 2.75) is 11.8 Å². The van der Waals surface area contributed by atoms with Crippen LogP contribution in [0.2, 0.25) is 5.02 Å². The molecule has 6 nitrogen and oxygen atoms in total. The van der Waals surface area contributed by atoms with E-state index in [1.165, 1.54) is 61.5 Å². The zero-order chi connectivity index (χ0) is 19.5. The fraction of sp³-hybridized carbons (Fsp3) is 0.235. The average molecular weight is 401 g/mol. The third kappa shape index (κ3) is 4.04. The summed E-state index contributed by atoms with van der Waals surface area (Å²) in [7, 11) is -1.60. The van der Waals surface area contributed by atoms with Crippen molar-refractivity contribution in [3.63, 3.8) is 0 Å². The summed E-state index contributed by atoms with van der Waals surface area (Å²) in [5, 5.41) is -0.0321. The summed E-state index contributed by atoms with van der Waals surface area (Å²) in [5.41, 5.74) is 0.621. The van der Waals surface area contributed by atoms with Gasteiger partial charge in [-0.05, 0) is 49.4 Å². The SMILES string of the molecule is CCN(C(=O)c1ccc(Cl)c(S(=O)(=O)N(C)OC)c1)c1ccc(F)cc1. The molecule has 0 aromatic heterocycles. The Morgan fingerprint density at radius 3 is 2.35 bits per heavy atom. The van der Waals surface area contributed by atoms with Crippen LogP contribution >= 0.6 is 11.6 Å². The van der Waals surface area contributed by atoms with Crippen molar-refractivity contribution in [3.05, 3.63) is 58.9 Å². The number of anilines is 1. The first-order valence-corrected chi connectivity index (χ1v) is 9.44. The van der Waals surface area contributed by atoms with E-state index in [1.54, 1.807) is 6.92 Å². The van der Waals surface area contributed by atoms with Gasteiger partial charge in [-0.25, -0.2) is 12.8 Å². The van der Waals surface area contributed by atoms with E-state index in [4.69, 9.17) is 16.4 Å². The zero-order valence-electron chi connectivity index (χ0n) is 14.4. The number of hydrogen-bond donors (Lipinski definition) is 0. The molecule has 0 saturated carbocycles. The molecule has 0 aliphatic rings.